The molecule has 0 aliphatic carbocycles. The molecule has 7 nitrogen and oxygen atoms in total. The number of rotatable bonds is 12. The van der Waals surface area contributed by atoms with Crippen molar-refractivity contribution in [1.82, 2.24) is 14.8 Å². The Morgan fingerprint density at radius 3 is 2.73 bits per heavy atom. The molecule has 2 rings (SSSR count). The molecule has 1 aromatic heterocycles. The minimum absolute atomic E-state index is 0.0265. The molecule has 0 unspecified atom stereocenters. The van der Waals surface area contributed by atoms with Gasteiger partial charge >= 0.3 is 0 Å². The van der Waals surface area contributed by atoms with Crippen molar-refractivity contribution >= 4 is 17.5 Å². The number of aromatic nitrogens is 3. The SMILES string of the molecule is CCCCCCn1c(COc2ccccc2F)nnc1SCC(=O)C(C#N)=C(C)N. The number of hydrogen-bond donors (Lipinski definition) is 1. The van der Waals surface area contributed by atoms with Crippen LogP contribution in [0.5, 0.6) is 5.75 Å². The molecule has 1 heterocycles. The standard InChI is InChI=1S/C21H26FN5O2S/c1-3-4-5-8-11-27-20(13-29-19-10-7-6-9-17(19)22)25-26-21(27)30-14-18(28)16(12-23)15(2)24/h6-7,9-10H,3-5,8,11,13-14,24H2,1-2H3. The van der Waals surface area contributed by atoms with Crippen molar-refractivity contribution in [2.24, 2.45) is 5.73 Å². The second-order valence-electron chi connectivity index (χ2n) is 6.71. The maximum absolute atomic E-state index is 13.8. The molecule has 0 aliphatic rings. The van der Waals surface area contributed by atoms with Crippen molar-refractivity contribution in [2.45, 2.75) is 57.8 Å². The summed E-state index contributed by atoms with van der Waals surface area (Å²) in [7, 11) is 0. The van der Waals surface area contributed by atoms with E-state index in [2.05, 4.69) is 17.1 Å². The molecule has 0 amide bonds. The van der Waals surface area contributed by atoms with Crippen LogP contribution >= 0.6 is 11.8 Å². The van der Waals surface area contributed by atoms with Gasteiger partial charge in [0.2, 0.25) is 0 Å². The first-order valence-corrected chi connectivity index (χ1v) is 10.8. The van der Waals surface area contributed by atoms with Crippen LogP contribution in [0.25, 0.3) is 0 Å². The summed E-state index contributed by atoms with van der Waals surface area (Å²) in [5.74, 6) is -0.0779. The van der Waals surface area contributed by atoms with Crippen molar-refractivity contribution < 1.29 is 13.9 Å². The number of nitrogens with two attached hydrogens (primary N) is 1. The smallest absolute Gasteiger partial charge is 0.191 e. The van der Waals surface area contributed by atoms with Gasteiger partial charge in [-0.15, -0.1) is 10.2 Å². The number of ketones is 1. The quantitative estimate of drug-likeness (QED) is 0.234. The number of allylic oxidation sites excluding steroid dienone is 2. The van der Waals surface area contributed by atoms with Gasteiger partial charge < -0.3 is 15.0 Å². The van der Waals surface area contributed by atoms with Gasteiger partial charge in [-0.2, -0.15) is 5.26 Å². The molecule has 0 saturated carbocycles. The Labute approximate surface area is 180 Å². The van der Waals surface area contributed by atoms with Crippen LogP contribution in [0.4, 0.5) is 4.39 Å². The highest BCUT2D eigenvalue weighted by molar-refractivity contribution is 7.99. The summed E-state index contributed by atoms with van der Waals surface area (Å²) in [4.78, 5) is 12.2. The van der Waals surface area contributed by atoms with Crippen LogP contribution in [-0.2, 0) is 17.9 Å². The number of carbonyl (C=O) groups is 1. The number of benzene rings is 1. The van der Waals surface area contributed by atoms with Gasteiger partial charge in [-0.25, -0.2) is 4.39 Å². The molecule has 0 fully saturated rings. The first-order valence-electron chi connectivity index (χ1n) is 9.79. The predicted octanol–water partition coefficient (Wildman–Crippen LogP) is 3.99. The van der Waals surface area contributed by atoms with Gasteiger partial charge in [0.1, 0.15) is 18.2 Å². The minimum Gasteiger partial charge on any atom is -0.483 e. The molecule has 0 saturated heterocycles. The molecule has 30 heavy (non-hydrogen) atoms. The zero-order valence-corrected chi connectivity index (χ0v) is 18.0. The highest BCUT2D eigenvalue weighted by Gasteiger charge is 2.17. The van der Waals surface area contributed by atoms with Crippen LogP contribution in [-0.4, -0.2) is 26.3 Å². The highest BCUT2D eigenvalue weighted by Crippen LogP contribution is 2.22. The van der Waals surface area contributed by atoms with E-state index < -0.39 is 5.82 Å². The zero-order chi connectivity index (χ0) is 21.9. The number of para-hydroxylation sites is 1. The molecule has 2 N–H and O–H groups in total. The van der Waals surface area contributed by atoms with Crippen molar-refractivity contribution in [3.05, 3.63) is 47.2 Å². The van der Waals surface area contributed by atoms with Crippen molar-refractivity contribution in [3.8, 4) is 11.8 Å². The largest absolute Gasteiger partial charge is 0.483 e. The van der Waals surface area contributed by atoms with E-state index in [-0.39, 0.29) is 35.2 Å². The van der Waals surface area contributed by atoms with E-state index in [1.54, 1.807) is 18.2 Å². The highest BCUT2D eigenvalue weighted by atomic mass is 32.2. The summed E-state index contributed by atoms with van der Waals surface area (Å²) in [5.41, 5.74) is 5.75. The number of halogens is 1. The van der Waals surface area contributed by atoms with E-state index in [1.165, 1.54) is 24.8 Å². The number of carbonyl (C=O) groups excluding carboxylic acids is 1. The van der Waals surface area contributed by atoms with E-state index in [0.29, 0.717) is 17.5 Å². The number of nitriles is 1. The van der Waals surface area contributed by atoms with Gasteiger partial charge in [-0.3, -0.25) is 4.79 Å². The predicted molar refractivity (Wildman–Crippen MR) is 113 cm³/mol. The van der Waals surface area contributed by atoms with Crippen molar-refractivity contribution in [3.63, 3.8) is 0 Å². The number of unbranched alkanes of at least 4 members (excludes halogenated alkanes) is 3. The average molecular weight is 432 g/mol. The Morgan fingerprint density at radius 2 is 2.07 bits per heavy atom. The number of nitrogens with zero attached hydrogens (tertiary/aromatic N) is 4. The molecule has 1 aromatic carbocycles. The van der Waals surface area contributed by atoms with Crippen LogP contribution in [0.2, 0.25) is 0 Å². The molecule has 0 aliphatic heterocycles. The molecule has 0 atom stereocenters. The molecule has 2 aromatic rings. The van der Waals surface area contributed by atoms with Crippen LogP contribution in [0.3, 0.4) is 0 Å². The summed E-state index contributed by atoms with van der Waals surface area (Å²) < 4.78 is 21.3. The van der Waals surface area contributed by atoms with Gasteiger partial charge in [0.25, 0.3) is 0 Å². The van der Waals surface area contributed by atoms with Gasteiger partial charge in [0.05, 0.1) is 5.75 Å². The number of hydrogen-bond acceptors (Lipinski definition) is 7. The fourth-order valence-electron chi connectivity index (χ4n) is 2.73. The Bertz CT molecular complexity index is 932. The third-order valence-electron chi connectivity index (χ3n) is 4.34. The number of Topliss-reactive ketones (excluding diaryl/α,β-unsaturated/α-hetero) is 1. The Hall–Kier alpha value is -2.86. The lowest BCUT2D eigenvalue weighted by atomic mass is 10.2. The first kappa shape index (κ1) is 23.4. The third kappa shape index (κ3) is 6.59. The van der Waals surface area contributed by atoms with Gasteiger partial charge in [-0.1, -0.05) is 50.1 Å². The third-order valence-corrected chi connectivity index (χ3v) is 5.31. The maximum Gasteiger partial charge on any atom is 0.191 e. The molecule has 160 valence electrons. The van der Waals surface area contributed by atoms with Crippen LogP contribution in [0, 0.1) is 17.1 Å². The normalized spacial score (nSPS) is 11.7. The van der Waals surface area contributed by atoms with Crippen molar-refractivity contribution in [1.29, 1.82) is 5.26 Å². The molecular formula is C21H26FN5O2S. The van der Waals surface area contributed by atoms with Gasteiger partial charge in [0.15, 0.2) is 28.3 Å². The van der Waals surface area contributed by atoms with E-state index in [9.17, 15) is 9.18 Å². The molecule has 0 radical (unpaired) electrons. The van der Waals surface area contributed by atoms with E-state index in [0.717, 1.165) is 25.7 Å². The van der Waals surface area contributed by atoms with Gasteiger partial charge in [-0.05, 0) is 25.5 Å². The summed E-state index contributed by atoms with van der Waals surface area (Å²) in [5, 5.41) is 18.0. The zero-order valence-electron chi connectivity index (χ0n) is 17.2. The number of thioether (sulfide) groups is 1. The molecular weight excluding hydrogens is 405 g/mol. The molecule has 0 spiro atoms. The lowest BCUT2D eigenvalue weighted by Crippen LogP contribution is -2.12. The average Bonchev–Trinajstić information content (AvgIpc) is 3.11. The summed E-state index contributed by atoms with van der Waals surface area (Å²) >= 11 is 1.20. The van der Waals surface area contributed by atoms with Crippen LogP contribution in [0.15, 0.2) is 40.7 Å². The molecule has 9 heteroatoms. The first-order chi connectivity index (χ1) is 14.5. The monoisotopic (exact) mass is 431 g/mol. The second-order valence-corrected chi connectivity index (χ2v) is 7.65. The summed E-state index contributed by atoms with van der Waals surface area (Å²) in [6.45, 7) is 4.38. The second kappa shape index (κ2) is 12.0. The lowest BCUT2D eigenvalue weighted by molar-refractivity contribution is -0.112. The fraction of sp³-hybridized carbons (Fsp3) is 0.429. The van der Waals surface area contributed by atoms with E-state index in [4.69, 9.17) is 15.7 Å². The minimum atomic E-state index is -0.445. The van der Waals surface area contributed by atoms with Crippen molar-refractivity contribution in [2.75, 3.05) is 5.75 Å². The summed E-state index contributed by atoms with van der Waals surface area (Å²) in [6.07, 6.45) is 4.21. The van der Waals surface area contributed by atoms with Crippen LogP contribution < -0.4 is 10.5 Å². The lowest BCUT2D eigenvalue weighted by Gasteiger charge is -2.11. The van der Waals surface area contributed by atoms with E-state index >= 15 is 0 Å². The molecule has 0 bridgehead atoms. The maximum atomic E-state index is 13.8. The Morgan fingerprint density at radius 1 is 1.30 bits per heavy atom. The van der Waals surface area contributed by atoms with Gasteiger partial charge in [0, 0.05) is 12.2 Å². The topological polar surface area (TPSA) is 107 Å². The van der Waals surface area contributed by atoms with E-state index in [1.807, 2.05) is 10.6 Å². The Balaban J connectivity index is 2.12. The summed E-state index contributed by atoms with van der Waals surface area (Å²) in [6, 6.07) is 8.02. The number of ether oxygens (including phenoxy) is 1. The Kier molecular flexibility index (Phi) is 9.35. The van der Waals surface area contributed by atoms with Crippen LogP contribution in [0.1, 0.15) is 45.4 Å². The fourth-order valence-corrected chi connectivity index (χ4v) is 3.59.